The van der Waals surface area contributed by atoms with Crippen LogP contribution < -0.4 is 0 Å². The van der Waals surface area contributed by atoms with Crippen molar-refractivity contribution < 1.29 is 4.79 Å². The number of allylic oxidation sites excluding steroid dienone is 3. The molecule has 0 N–H and O–H groups in total. The van der Waals surface area contributed by atoms with E-state index >= 15 is 0 Å². The van der Waals surface area contributed by atoms with Crippen molar-refractivity contribution in [3.8, 4) is 0 Å². The minimum atomic E-state index is -0.0185. The van der Waals surface area contributed by atoms with Crippen molar-refractivity contribution in [1.82, 2.24) is 9.80 Å². The molecule has 0 aromatic heterocycles. The van der Waals surface area contributed by atoms with Crippen molar-refractivity contribution in [2.24, 2.45) is 5.18 Å². The lowest BCUT2D eigenvalue weighted by molar-refractivity contribution is -0.130. The summed E-state index contributed by atoms with van der Waals surface area (Å²) in [6.45, 7) is 8.47. The zero-order valence-electron chi connectivity index (χ0n) is 10.7. The van der Waals surface area contributed by atoms with Gasteiger partial charge in [-0.1, -0.05) is 12.2 Å². The molecule has 0 aromatic rings. The van der Waals surface area contributed by atoms with Crippen LogP contribution >= 0.6 is 0 Å². The summed E-state index contributed by atoms with van der Waals surface area (Å²) in [7, 11) is 0. The molecule has 1 aliphatic heterocycles. The van der Waals surface area contributed by atoms with Crippen LogP contribution in [-0.2, 0) is 4.79 Å². The first-order chi connectivity index (χ1) is 9.21. The molecule has 5 nitrogen and oxygen atoms in total. The average Bonchev–Trinajstić information content (AvgIpc) is 2.41. The van der Waals surface area contributed by atoms with E-state index < -0.39 is 0 Å². The van der Waals surface area contributed by atoms with Gasteiger partial charge in [0, 0.05) is 25.5 Å². The van der Waals surface area contributed by atoms with Gasteiger partial charge in [0.15, 0.2) is 0 Å². The fraction of sp³-hybridized carbons (Fsp3) is 0.214. The van der Waals surface area contributed by atoms with E-state index in [1.807, 2.05) is 0 Å². The van der Waals surface area contributed by atoms with Crippen LogP contribution in [-0.4, -0.2) is 35.3 Å². The molecule has 100 valence electrons. The summed E-state index contributed by atoms with van der Waals surface area (Å²) in [5.41, 5.74) is 0.702. The van der Waals surface area contributed by atoms with Crippen LogP contribution in [0.2, 0.25) is 0 Å². The Labute approximate surface area is 112 Å². The van der Waals surface area contributed by atoms with E-state index in [9.17, 15) is 9.70 Å². The van der Waals surface area contributed by atoms with Crippen molar-refractivity contribution in [2.75, 3.05) is 19.6 Å². The Morgan fingerprint density at radius 2 is 1.84 bits per heavy atom. The average molecular weight is 259 g/mol. The number of hydrogen-bond acceptors (Lipinski definition) is 4. The predicted octanol–water partition coefficient (Wildman–Crippen LogP) is 2.18. The molecule has 0 aliphatic carbocycles. The van der Waals surface area contributed by atoms with Crippen LogP contribution in [0.4, 0.5) is 0 Å². The lowest BCUT2D eigenvalue weighted by Crippen LogP contribution is -2.37. The monoisotopic (exact) mass is 259 g/mol. The fourth-order valence-electron chi connectivity index (χ4n) is 1.57. The molecule has 0 aromatic carbocycles. The second-order valence-corrected chi connectivity index (χ2v) is 3.91. The Balaban J connectivity index is 2.58. The van der Waals surface area contributed by atoms with E-state index in [-0.39, 0.29) is 12.5 Å². The largest absolute Gasteiger partial charge is 0.345 e. The highest BCUT2D eigenvalue weighted by molar-refractivity contribution is 5.79. The van der Waals surface area contributed by atoms with Crippen LogP contribution in [0.25, 0.3) is 0 Å². The van der Waals surface area contributed by atoms with Gasteiger partial charge in [-0.15, -0.1) is 18.1 Å². The third-order valence-corrected chi connectivity index (χ3v) is 2.49. The first-order valence-electron chi connectivity index (χ1n) is 5.85. The Hall–Kier alpha value is -2.43. The molecule has 1 heterocycles. The molecule has 5 heteroatoms. The summed E-state index contributed by atoms with van der Waals surface area (Å²) in [6.07, 6.45) is 11.5. The summed E-state index contributed by atoms with van der Waals surface area (Å²) in [6, 6.07) is 0. The predicted molar refractivity (Wildman–Crippen MR) is 75.8 cm³/mol. The van der Waals surface area contributed by atoms with E-state index in [4.69, 9.17) is 0 Å². The van der Waals surface area contributed by atoms with E-state index in [0.717, 1.165) is 0 Å². The quantitative estimate of drug-likeness (QED) is 0.520. The molecule has 1 amide bonds. The Morgan fingerprint density at radius 1 is 1.26 bits per heavy atom. The molecule has 1 aliphatic rings. The fourth-order valence-corrected chi connectivity index (χ4v) is 1.57. The van der Waals surface area contributed by atoms with E-state index in [1.165, 1.54) is 6.20 Å². The number of amides is 1. The zero-order valence-corrected chi connectivity index (χ0v) is 10.7. The van der Waals surface area contributed by atoms with Crippen molar-refractivity contribution >= 4 is 5.91 Å². The van der Waals surface area contributed by atoms with Crippen molar-refractivity contribution in [2.45, 2.75) is 0 Å². The first kappa shape index (κ1) is 14.6. The number of carbonyl (C=O) groups excluding carboxylic acids is 1. The van der Waals surface area contributed by atoms with Crippen LogP contribution in [0.5, 0.6) is 0 Å². The van der Waals surface area contributed by atoms with Crippen LogP contribution in [0, 0.1) is 4.91 Å². The maximum Gasteiger partial charge on any atom is 0.243 e. The van der Waals surface area contributed by atoms with Gasteiger partial charge in [-0.25, -0.2) is 0 Å². The van der Waals surface area contributed by atoms with Crippen LogP contribution in [0.15, 0.2) is 66.8 Å². The minimum absolute atomic E-state index is 0.0185. The van der Waals surface area contributed by atoms with E-state index in [1.54, 1.807) is 46.5 Å². The molecule has 1 rings (SSSR count). The summed E-state index contributed by atoms with van der Waals surface area (Å²) >= 11 is 0. The summed E-state index contributed by atoms with van der Waals surface area (Å²) in [5.74, 6) is -0.0185. The summed E-state index contributed by atoms with van der Waals surface area (Å²) in [4.78, 5) is 25.5. The maximum absolute atomic E-state index is 12.0. The van der Waals surface area contributed by atoms with E-state index in [0.29, 0.717) is 18.7 Å². The molecule has 0 fully saturated rings. The van der Waals surface area contributed by atoms with Crippen LogP contribution in [0.3, 0.4) is 0 Å². The Bertz CT molecular complexity index is 424. The number of rotatable bonds is 7. The first-order valence-corrected chi connectivity index (χ1v) is 5.85. The highest BCUT2D eigenvalue weighted by Gasteiger charge is 2.13. The van der Waals surface area contributed by atoms with Gasteiger partial charge in [-0.05, 0) is 22.9 Å². The van der Waals surface area contributed by atoms with Gasteiger partial charge in [-0.2, -0.15) is 0 Å². The third kappa shape index (κ3) is 4.75. The molecule has 0 bridgehead atoms. The molecule has 0 radical (unpaired) electrons. The van der Waals surface area contributed by atoms with Crippen LogP contribution in [0.1, 0.15) is 0 Å². The lowest BCUT2D eigenvalue weighted by atomic mass is 10.2. The smallest absolute Gasteiger partial charge is 0.243 e. The molecule has 19 heavy (non-hydrogen) atoms. The van der Waals surface area contributed by atoms with E-state index in [2.05, 4.69) is 18.3 Å². The summed E-state index contributed by atoms with van der Waals surface area (Å²) < 4.78 is 0. The van der Waals surface area contributed by atoms with Crippen molar-refractivity contribution in [3.05, 3.63) is 66.5 Å². The summed E-state index contributed by atoms with van der Waals surface area (Å²) in [5, 5.41) is 2.69. The number of nitroso groups, excluding NO2 is 1. The minimum Gasteiger partial charge on any atom is -0.345 e. The van der Waals surface area contributed by atoms with Gasteiger partial charge < -0.3 is 9.80 Å². The van der Waals surface area contributed by atoms with Crippen molar-refractivity contribution in [3.63, 3.8) is 0 Å². The maximum atomic E-state index is 12.0. The van der Waals surface area contributed by atoms with Gasteiger partial charge in [-0.3, -0.25) is 4.79 Å². The second kappa shape index (κ2) is 7.81. The molecular formula is C14H17N3O2. The Morgan fingerprint density at radius 3 is 2.32 bits per heavy atom. The zero-order chi connectivity index (χ0) is 14.1. The van der Waals surface area contributed by atoms with Gasteiger partial charge in [0.1, 0.15) is 6.54 Å². The van der Waals surface area contributed by atoms with Gasteiger partial charge >= 0.3 is 0 Å². The number of carbonyl (C=O) groups is 1. The molecule has 0 atom stereocenters. The van der Waals surface area contributed by atoms with Gasteiger partial charge in [0.25, 0.3) is 0 Å². The topological polar surface area (TPSA) is 53.0 Å². The highest BCUT2D eigenvalue weighted by atomic mass is 16.2. The molecule has 0 saturated heterocycles. The highest BCUT2D eigenvalue weighted by Crippen LogP contribution is 2.09. The van der Waals surface area contributed by atoms with Gasteiger partial charge in [0.2, 0.25) is 5.91 Å². The number of nitrogens with zero attached hydrogens (tertiary/aromatic N) is 3. The van der Waals surface area contributed by atoms with Gasteiger partial charge in [0.05, 0.1) is 6.20 Å². The molecule has 0 spiro atoms. The normalized spacial score (nSPS) is 13.1. The SMILES string of the molecule is C=CCN(CC=C)C(=O)CN1C=CC(=CN=O)C=C1. The lowest BCUT2D eigenvalue weighted by Gasteiger charge is -2.24. The molecule has 0 saturated carbocycles. The standard InChI is InChI=1S/C14H17N3O2/c1-3-7-17(8-4-2)14(18)12-16-9-5-13(6-10-16)11-15-19/h3-6,9-11H,1-2,7-8,12H2. The third-order valence-electron chi connectivity index (χ3n) is 2.49. The Kier molecular flexibility index (Phi) is 6.02. The second-order valence-electron chi connectivity index (χ2n) is 3.91. The van der Waals surface area contributed by atoms with Crippen molar-refractivity contribution in [1.29, 1.82) is 0 Å². The number of hydrogen-bond donors (Lipinski definition) is 0. The molecular weight excluding hydrogens is 242 g/mol. The molecule has 0 unspecified atom stereocenters.